The van der Waals surface area contributed by atoms with Gasteiger partial charge >= 0.3 is 0 Å². The Bertz CT molecular complexity index is 1310. The van der Waals surface area contributed by atoms with E-state index in [1.165, 1.54) is 0 Å². The van der Waals surface area contributed by atoms with Gasteiger partial charge in [-0.2, -0.15) is 0 Å². The summed E-state index contributed by atoms with van der Waals surface area (Å²) in [6.45, 7) is 1.32. The van der Waals surface area contributed by atoms with Gasteiger partial charge in [0.2, 0.25) is 0 Å². The van der Waals surface area contributed by atoms with Crippen LogP contribution in [0.4, 0.5) is 0 Å². The van der Waals surface area contributed by atoms with E-state index in [9.17, 15) is 9.59 Å². The molecule has 0 atom stereocenters. The first-order valence-corrected chi connectivity index (χ1v) is 11.2. The first-order valence-electron chi connectivity index (χ1n) is 11.2. The summed E-state index contributed by atoms with van der Waals surface area (Å²) in [6, 6.07) is 20.3. The van der Waals surface area contributed by atoms with Crippen LogP contribution in [0, 0.1) is 0 Å². The molecule has 4 aromatic rings. The van der Waals surface area contributed by atoms with E-state index in [4.69, 9.17) is 9.94 Å². The number of aromatic nitrogens is 2. The van der Waals surface area contributed by atoms with Crippen molar-refractivity contribution in [1.29, 1.82) is 0 Å². The lowest BCUT2D eigenvalue weighted by Gasteiger charge is -2.13. The zero-order chi connectivity index (χ0) is 24.5. The van der Waals surface area contributed by atoms with Crippen LogP contribution in [0.1, 0.15) is 22.3 Å². The molecule has 8 heteroatoms. The Morgan fingerprint density at radius 2 is 1.83 bits per heavy atom. The monoisotopic (exact) mass is 470 g/mol. The molecular formula is C27H26N4O4. The van der Waals surface area contributed by atoms with Gasteiger partial charge in [-0.3, -0.25) is 14.8 Å². The second-order valence-corrected chi connectivity index (χ2v) is 7.91. The zero-order valence-electron chi connectivity index (χ0n) is 19.1. The molecule has 4 rings (SSSR count). The quantitative estimate of drug-likeness (QED) is 0.141. The molecule has 2 amide bonds. The van der Waals surface area contributed by atoms with Gasteiger partial charge in [0.05, 0.1) is 11.9 Å². The SMILES string of the molecule is O=C(NCCCn1ccnc1)/C(=C/c1ccc(C(=O)NO)cc1)COc1cccc2ccccc12. The maximum atomic E-state index is 13.0. The van der Waals surface area contributed by atoms with Crippen LogP contribution in [0.5, 0.6) is 5.75 Å². The van der Waals surface area contributed by atoms with Gasteiger partial charge in [-0.25, -0.2) is 10.5 Å². The number of ether oxygens (including phenoxy) is 1. The number of rotatable bonds is 10. The molecule has 0 saturated heterocycles. The molecule has 0 spiro atoms. The summed E-state index contributed by atoms with van der Waals surface area (Å²) in [6.07, 6.45) is 7.83. The molecule has 0 fully saturated rings. The molecule has 35 heavy (non-hydrogen) atoms. The number of carbonyl (C=O) groups excluding carboxylic acids is 2. The second kappa shape index (κ2) is 11.6. The molecule has 1 aromatic heterocycles. The Morgan fingerprint density at radius 1 is 1.03 bits per heavy atom. The normalized spacial score (nSPS) is 11.3. The van der Waals surface area contributed by atoms with Crippen LogP contribution in [0.3, 0.4) is 0 Å². The molecule has 3 aromatic carbocycles. The fraction of sp³-hybridized carbons (Fsp3) is 0.148. The number of nitrogens with one attached hydrogen (secondary N) is 2. The fourth-order valence-corrected chi connectivity index (χ4v) is 3.64. The van der Waals surface area contributed by atoms with E-state index >= 15 is 0 Å². The van der Waals surface area contributed by atoms with Gasteiger partial charge < -0.3 is 14.6 Å². The largest absolute Gasteiger partial charge is 0.488 e. The number of benzene rings is 3. The van der Waals surface area contributed by atoms with Crippen molar-refractivity contribution in [2.75, 3.05) is 13.2 Å². The number of hydroxylamine groups is 1. The smallest absolute Gasteiger partial charge is 0.274 e. The predicted molar refractivity (Wildman–Crippen MR) is 133 cm³/mol. The number of imidazole rings is 1. The standard InChI is InChI=1S/C27H26N4O4/c32-26(29-13-4-15-31-16-14-28-19-31)23(17-20-9-11-22(12-10-20)27(33)30-34)18-35-25-8-3-6-21-5-1-2-7-24(21)25/h1-3,5-12,14,16-17,19,34H,4,13,15,18H2,(H,29,32)(H,30,33)/b23-17+. The maximum Gasteiger partial charge on any atom is 0.274 e. The van der Waals surface area contributed by atoms with Crippen molar-refractivity contribution in [3.05, 3.63) is 102 Å². The molecule has 3 N–H and O–H groups in total. The number of fused-ring (bicyclic) bond motifs is 1. The Morgan fingerprint density at radius 3 is 2.60 bits per heavy atom. The second-order valence-electron chi connectivity index (χ2n) is 7.91. The van der Waals surface area contributed by atoms with Gasteiger partial charge in [0.1, 0.15) is 12.4 Å². The average molecular weight is 471 g/mol. The minimum atomic E-state index is -0.601. The summed E-state index contributed by atoms with van der Waals surface area (Å²) in [5.41, 5.74) is 3.09. The highest BCUT2D eigenvalue weighted by Crippen LogP contribution is 2.25. The molecule has 0 saturated carbocycles. The Kier molecular flexibility index (Phi) is 7.88. The maximum absolute atomic E-state index is 13.0. The van der Waals surface area contributed by atoms with Crippen molar-refractivity contribution in [3.63, 3.8) is 0 Å². The lowest BCUT2D eigenvalue weighted by Crippen LogP contribution is -2.29. The van der Waals surface area contributed by atoms with Crippen molar-refractivity contribution in [1.82, 2.24) is 20.3 Å². The molecule has 0 aliphatic heterocycles. The van der Waals surface area contributed by atoms with Crippen molar-refractivity contribution in [2.45, 2.75) is 13.0 Å². The van der Waals surface area contributed by atoms with Gasteiger partial charge in [-0.15, -0.1) is 0 Å². The van der Waals surface area contributed by atoms with Crippen LogP contribution in [0.15, 0.2) is 91.0 Å². The van der Waals surface area contributed by atoms with E-state index in [-0.39, 0.29) is 12.5 Å². The van der Waals surface area contributed by atoms with Crippen LogP contribution in [-0.4, -0.2) is 39.7 Å². The molecule has 1 heterocycles. The van der Waals surface area contributed by atoms with E-state index in [2.05, 4.69) is 10.3 Å². The van der Waals surface area contributed by atoms with Crippen molar-refractivity contribution in [3.8, 4) is 5.75 Å². The minimum absolute atomic E-state index is 0.0697. The molecular weight excluding hydrogens is 444 g/mol. The van der Waals surface area contributed by atoms with Crippen LogP contribution >= 0.6 is 0 Å². The highest BCUT2D eigenvalue weighted by molar-refractivity contribution is 5.98. The summed E-state index contributed by atoms with van der Waals surface area (Å²) < 4.78 is 8.04. The number of hydrogen-bond acceptors (Lipinski definition) is 5. The first-order chi connectivity index (χ1) is 17.1. The van der Waals surface area contributed by atoms with E-state index < -0.39 is 5.91 Å². The van der Waals surface area contributed by atoms with Crippen molar-refractivity contribution >= 4 is 28.7 Å². The molecule has 0 aliphatic carbocycles. The predicted octanol–water partition coefficient (Wildman–Crippen LogP) is 3.82. The summed E-state index contributed by atoms with van der Waals surface area (Å²) in [5, 5.41) is 13.8. The molecule has 8 nitrogen and oxygen atoms in total. The third kappa shape index (κ3) is 6.33. The van der Waals surface area contributed by atoms with Crippen LogP contribution in [0.2, 0.25) is 0 Å². The van der Waals surface area contributed by atoms with E-state index in [1.807, 2.05) is 53.2 Å². The third-order valence-corrected chi connectivity index (χ3v) is 5.48. The Balaban J connectivity index is 1.49. The molecule has 178 valence electrons. The molecule has 0 unspecified atom stereocenters. The van der Waals surface area contributed by atoms with Crippen molar-refractivity contribution in [2.24, 2.45) is 0 Å². The fourth-order valence-electron chi connectivity index (χ4n) is 3.64. The van der Waals surface area contributed by atoms with Gasteiger partial charge in [0.25, 0.3) is 11.8 Å². The van der Waals surface area contributed by atoms with Gasteiger partial charge in [0, 0.05) is 36.4 Å². The number of aryl methyl sites for hydroxylation is 1. The van der Waals surface area contributed by atoms with Crippen LogP contribution in [0.25, 0.3) is 16.8 Å². The highest BCUT2D eigenvalue weighted by atomic mass is 16.5. The van der Waals surface area contributed by atoms with E-state index in [0.717, 1.165) is 29.3 Å². The Labute approximate surface area is 202 Å². The summed E-state index contributed by atoms with van der Waals surface area (Å²) >= 11 is 0. The van der Waals surface area contributed by atoms with E-state index in [1.54, 1.807) is 48.3 Å². The molecule has 0 radical (unpaired) electrons. The highest BCUT2D eigenvalue weighted by Gasteiger charge is 2.12. The Hall–Kier alpha value is -4.43. The number of amides is 2. The lowest BCUT2D eigenvalue weighted by molar-refractivity contribution is -0.117. The molecule has 0 bridgehead atoms. The van der Waals surface area contributed by atoms with Gasteiger partial charge in [0.15, 0.2) is 0 Å². The number of carbonyl (C=O) groups is 2. The number of hydrogen-bond donors (Lipinski definition) is 3. The molecule has 0 aliphatic rings. The number of nitrogens with zero attached hydrogens (tertiary/aromatic N) is 2. The topological polar surface area (TPSA) is 105 Å². The van der Waals surface area contributed by atoms with Crippen LogP contribution in [-0.2, 0) is 11.3 Å². The van der Waals surface area contributed by atoms with Crippen LogP contribution < -0.4 is 15.5 Å². The lowest BCUT2D eigenvalue weighted by atomic mass is 10.1. The summed E-state index contributed by atoms with van der Waals surface area (Å²) in [4.78, 5) is 28.6. The van der Waals surface area contributed by atoms with E-state index in [0.29, 0.717) is 23.4 Å². The van der Waals surface area contributed by atoms with Gasteiger partial charge in [-0.05, 0) is 41.6 Å². The summed E-state index contributed by atoms with van der Waals surface area (Å²) in [7, 11) is 0. The average Bonchev–Trinajstić information content (AvgIpc) is 3.42. The third-order valence-electron chi connectivity index (χ3n) is 5.48. The first kappa shape index (κ1) is 23.7. The van der Waals surface area contributed by atoms with Gasteiger partial charge in [-0.1, -0.05) is 48.5 Å². The van der Waals surface area contributed by atoms with Crippen molar-refractivity contribution < 1.29 is 19.5 Å². The minimum Gasteiger partial charge on any atom is -0.488 e. The zero-order valence-corrected chi connectivity index (χ0v) is 19.1. The summed E-state index contributed by atoms with van der Waals surface area (Å²) in [5.74, 6) is -0.138.